The summed E-state index contributed by atoms with van der Waals surface area (Å²) in [7, 11) is 0. The van der Waals surface area contributed by atoms with Crippen molar-refractivity contribution >= 4 is 23.1 Å². The second-order valence-electron chi connectivity index (χ2n) is 4.15. The van der Waals surface area contributed by atoms with Gasteiger partial charge in [0, 0.05) is 24.2 Å². The Kier molecular flexibility index (Phi) is 3.89. The number of aryl methyl sites for hydroxylation is 1. The van der Waals surface area contributed by atoms with Crippen LogP contribution in [-0.2, 0) is 0 Å². The molecule has 4 nitrogen and oxygen atoms in total. The van der Waals surface area contributed by atoms with E-state index in [9.17, 15) is 0 Å². The number of thioether (sulfide) groups is 1. The van der Waals surface area contributed by atoms with Crippen LogP contribution in [0, 0.1) is 6.92 Å². The van der Waals surface area contributed by atoms with E-state index in [-0.39, 0.29) is 0 Å². The molecule has 2 rings (SSSR count). The van der Waals surface area contributed by atoms with Crippen LogP contribution in [0.3, 0.4) is 0 Å². The van der Waals surface area contributed by atoms with Gasteiger partial charge in [0.2, 0.25) is 0 Å². The molecule has 2 aromatic rings. The minimum atomic E-state index is 0.675. The quantitative estimate of drug-likeness (QED) is 0.885. The zero-order valence-corrected chi connectivity index (χ0v) is 11.3. The van der Waals surface area contributed by atoms with Gasteiger partial charge >= 0.3 is 0 Å². The van der Waals surface area contributed by atoms with Crippen molar-refractivity contribution in [1.82, 2.24) is 14.6 Å². The van der Waals surface area contributed by atoms with Crippen LogP contribution in [0.25, 0.3) is 5.52 Å². The fourth-order valence-electron chi connectivity index (χ4n) is 1.69. The lowest BCUT2D eigenvalue weighted by Crippen LogP contribution is -2.09. The first-order valence-corrected chi connectivity index (χ1v) is 7.07. The maximum atomic E-state index is 4.37. The van der Waals surface area contributed by atoms with Crippen LogP contribution in [0.1, 0.15) is 19.0 Å². The molecule has 0 aliphatic rings. The second-order valence-corrected chi connectivity index (χ2v) is 5.43. The van der Waals surface area contributed by atoms with Gasteiger partial charge in [0.1, 0.15) is 5.52 Å². The summed E-state index contributed by atoms with van der Waals surface area (Å²) in [5.41, 5.74) is 2.06. The lowest BCUT2D eigenvalue weighted by molar-refractivity contribution is 0.847. The third-order valence-corrected chi connectivity index (χ3v) is 3.80. The number of rotatable bonds is 5. The van der Waals surface area contributed by atoms with Crippen LogP contribution >= 0.6 is 11.8 Å². The predicted molar refractivity (Wildman–Crippen MR) is 73.8 cm³/mol. The fraction of sp³-hybridized carbons (Fsp3) is 0.500. The molecule has 2 aromatic heterocycles. The van der Waals surface area contributed by atoms with Crippen LogP contribution in [0.15, 0.2) is 18.5 Å². The minimum absolute atomic E-state index is 0.675. The van der Waals surface area contributed by atoms with E-state index in [2.05, 4.69) is 28.6 Å². The summed E-state index contributed by atoms with van der Waals surface area (Å²) >= 11 is 1.89. The Morgan fingerprint density at radius 1 is 1.53 bits per heavy atom. The molecule has 2 heterocycles. The maximum Gasteiger partial charge on any atom is 0.152 e. The van der Waals surface area contributed by atoms with Gasteiger partial charge in [0.05, 0.1) is 5.69 Å². The monoisotopic (exact) mass is 250 g/mol. The van der Waals surface area contributed by atoms with Crippen molar-refractivity contribution < 1.29 is 0 Å². The Morgan fingerprint density at radius 2 is 2.35 bits per heavy atom. The molecule has 0 aliphatic carbocycles. The first-order chi connectivity index (χ1) is 8.20. The van der Waals surface area contributed by atoms with E-state index >= 15 is 0 Å². The van der Waals surface area contributed by atoms with Crippen molar-refractivity contribution in [3.8, 4) is 0 Å². The zero-order valence-electron chi connectivity index (χ0n) is 10.5. The summed E-state index contributed by atoms with van der Waals surface area (Å²) in [6.07, 6.45) is 6.93. The van der Waals surface area contributed by atoms with Gasteiger partial charge in [-0.1, -0.05) is 6.92 Å². The van der Waals surface area contributed by atoms with Crippen LogP contribution in [0.4, 0.5) is 5.82 Å². The van der Waals surface area contributed by atoms with Gasteiger partial charge < -0.3 is 5.32 Å². The molecule has 5 heteroatoms. The molecular formula is C12H18N4S. The summed E-state index contributed by atoms with van der Waals surface area (Å²) < 4.78 is 1.86. The molecular weight excluding hydrogens is 232 g/mol. The standard InChI is InChI=1S/C12H18N4S/c1-9-8-11-12(13-5-4-10(2)17-3)14-6-7-16(11)15-9/h6-8,10H,4-5H2,1-3H3,(H,13,14). The van der Waals surface area contributed by atoms with Gasteiger partial charge in [-0.25, -0.2) is 9.50 Å². The molecule has 0 aromatic carbocycles. The molecule has 0 saturated heterocycles. The van der Waals surface area contributed by atoms with E-state index in [0.717, 1.165) is 30.0 Å². The van der Waals surface area contributed by atoms with Crippen molar-refractivity contribution in [2.24, 2.45) is 0 Å². The number of nitrogens with zero attached hydrogens (tertiary/aromatic N) is 3. The van der Waals surface area contributed by atoms with E-state index in [0.29, 0.717) is 5.25 Å². The molecule has 0 spiro atoms. The largest absolute Gasteiger partial charge is 0.368 e. The average Bonchev–Trinajstić information content (AvgIpc) is 2.70. The molecule has 0 bridgehead atoms. The van der Waals surface area contributed by atoms with Gasteiger partial charge in [-0.2, -0.15) is 16.9 Å². The Morgan fingerprint density at radius 3 is 3.12 bits per heavy atom. The number of aromatic nitrogens is 3. The SMILES string of the molecule is CSC(C)CCNc1nccn2nc(C)cc12. The topological polar surface area (TPSA) is 42.2 Å². The van der Waals surface area contributed by atoms with Crippen LogP contribution in [0.2, 0.25) is 0 Å². The molecule has 0 amide bonds. The van der Waals surface area contributed by atoms with Gasteiger partial charge in [0.15, 0.2) is 5.82 Å². The number of hydrogen-bond acceptors (Lipinski definition) is 4. The first-order valence-electron chi connectivity index (χ1n) is 5.78. The Labute approximate surface area is 106 Å². The summed E-state index contributed by atoms with van der Waals surface area (Å²) in [4.78, 5) is 4.36. The third kappa shape index (κ3) is 2.91. The van der Waals surface area contributed by atoms with Crippen molar-refractivity contribution in [3.63, 3.8) is 0 Å². The molecule has 0 fully saturated rings. The molecule has 17 heavy (non-hydrogen) atoms. The van der Waals surface area contributed by atoms with Gasteiger partial charge in [-0.15, -0.1) is 0 Å². The number of hydrogen-bond donors (Lipinski definition) is 1. The second kappa shape index (κ2) is 5.40. The summed E-state index contributed by atoms with van der Waals surface area (Å²) in [5, 5.41) is 8.42. The zero-order chi connectivity index (χ0) is 12.3. The average molecular weight is 250 g/mol. The minimum Gasteiger partial charge on any atom is -0.368 e. The van der Waals surface area contributed by atoms with E-state index in [4.69, 9.17) is 0 Å². The fourth-order valence-corrected chi connectivity index (χ4v) is 2.05. The van der Waals surface area contributed by atoms with E-state index in [1.807, 2.05) is 35.5 Å². The van der Waals surface area contributed by atoms with Gasteiger partial charge in [-0.3, -0.25) is 0 Å². The maximum absolute atomic E-state index is 4.37. The highest BCUT2D eigenvalue weighted by molar-refractivity contribution is 7.99. The Bertz CT molecular complexity index is 494. The molecule has 0 saturated carbocycles. The van der Waals surface area contributed by atoms with Crippen LogP contribution in [-0.4, -0.2) is 32.6 Å². The normalized spacial score (nSPS) is 12.9. The van der Waals surface area contributed by atoms with Crippen molar-refractivity contribution in [2.75, 3.05) is 18.1 Å². The molecule has 0 aliphatic heterocycles. The first kappa shape index (κ1) is 12.2. The number of nitrogens with one attached hydrogen (secondary N) is 1. The van der Waals surface area contributed by atoms with E-state index in [1.165, 1.54) is 0 Å². The van der Waals surface area contributed by atoms with Crippen LogP contribution in [0.5, 0.6) is 0 Å². The van der Waals surface area contributed by atoms with Crippen molar-refractivity contribution in [3.05, 3.63) is 24.2 Å². The highest BCUT2D eigenvalue weighted by Gasteiger charge is 2.05. The van der Waals surface area contributed by atoms with Crippen molar-refractivity contribution in [2.45, 2.75) is 25.5 Å². The molecule has 92 valence electrons. The highest BCUT2D eigenvalue weighted by atomic mass is 32.2. The Balaban J connectivity index is 2.08. The molecule has 1 atom stereocenters. The van der Waals surface area contributed by atoms with E-state index in [1.54, 1.807) is 6.20 Å². The number of fused-ring (bicyclic) bond motifs is 1. The molecule has 0 radical (unpaired) electrons. The molecule has 1 N–H and O–H groups in total. The van der Waals surface area contributed by atoms with Crippen LogP contribution < -0.4 is 5.32 Å². The third-order valence-electron chi connectivity index (χ3n) is 2.76. The lowest BCUT2D eigenvalue weighted by atomic mass is 10.3. The highest BCUT2D eigenvalue weighted by Crippen LogP contribution is 2.15. The van der Waals surface area contributed by atoms with Crippen molar-refractivity contribution in [1.29, 1.82) is 0 Å². The number of anilines is 1. The predicted octanol–water partition coefficient (Wildman–Crippen LogP) is 2.59. The molecule has 1 unspecified atom stereocenters. The van der Waals surface area contributed by atoms with Gasteiger partial charge in [0.25, 0.3) is 0 Å². The summed E-state index contributed by atoms with van der Waals surface area (Å²) in [6.45, 7) is 5.18. The lowest BCUT2D eigenvalue weighted by Gasteiger charge is -2.10. The van der Waals surface area contributed by atoms with E-state index < -0.39 is 0 Å². The summed E-state index contributed by atoms with van der Waals surface area (Å²) in [5.74, 6) is 0.918. The Hall–Kier alpha value is -1.23. The van der Waals surface area contributed by atoms with Gasteiger partial charge in [-0.05, 0) is 25.7 Å². The smallest absolute Gasteiger partial charge is 0.152 e. The summed E-state index contributed by atoms with van der Waals surface area (Å²) in [6, 6.07) is 2.05.